The van der Waals surface area contributed by atoms with Crippen LogP contribution < -0.4 is 10.8 Å². The van der Waals surface area contributed by atoms with Gasteiger partial charge in [-0.1, -0.05) is 24.3 Å². The van der Waals surface area contributed by atoms with E-state index in [1.165, 1.54) is 12.1 Å². The van der Waals surface area contributed by atoms with Crippen LogP contribution in [0.15, 0.2) is 51.1 Å². The zero-order valence-electron chi connectivity index (χ0n) is 22.9. The Bertz CT molecular complexity index is 2240. The maximum Gasteiger partial charge on any atom is 0.432 e. The molecule has 21 heteroatoms. The lowest BCUT2D eigenvalue weighted by Gasteiger charge is -2.18. The van der Waals surface area contributed by atoms with Gasteiger partial charge in [0, 0.05) is 47.5 Å². The first kappa shape index (κ1) is 32.9. The number of carbonyl (C=O) groups excluding carboxylic acids is 4. The number of amides is 3. The second-order valence-corrected chi connectivity index (χ2v) is 14.0. The van der Waals surface area contributed by atoms with Crippen LogP contribution in [0.4, 0.5) is 4.79 Å². The van der Waals surface area contributed by atoms with Crippen LogP contribution in [0.5, 0.6) is 0 Å². The first-order valence-electron chi connectivity index (χ1n) is 12.8. The van der Waals surface area contributed by atoms with Crippen molar-refractivity contribution in [1.82, 2.24) is 15.9 Å². The molecule has 0 unspecified atom stereocenters. The van der Waals surface area contributed by atoms with Crippen LogP contribution in [0.25, 0.3) is 32.3 Å². The average molecular weight is 700 g/mol. The van der Waals surface area contributed by atoms with Crippen molar-refractivity contribution in [3.63, 3.8) is 0 Å². The molecule has 1 fully saturated rings. The molecule has 18 nitrogen and oxygen atoms in total. The van der Waals surface area contributed by atoms with Crippen LogP contribution in [-0.4, -0.2) is 80.9 Å². The third-order valence-electron chi connectivity index (χ3n) is 6.90. The highest BCUT2D eigenvalue weighted by Crippen LogP contribution is 2.43. The average Bonchev–Trinajstić information content (AvgIpc) is 3.26. The van der Waals surface area contributed by atoms with Crippen LogP contribution in [0.1, 0.15) is 18.4 Å². The number of hydrogen-bond acceptors (Lipinski definition) is 13. The predicted octanol–water partition coefficient (Wildman–Crippen LogP) is 0.705. The molecule has 1 aliphatic heterocycles. The fraction of sp³-hybridized carbons (Fsp3) is 0.200. The van der Waals surface area contributed by atoms with Gasteiger partial charge < -0.3 is 15.0 Å². The largest absolute Gasteiger partial charge is 0.432 e. The lowest BCUT2D eigenvalue weighted by molar-refractivity contribution is -0.171. The maximum absolute atomic E-state index is 12.7. The van der Waals surface area contributed by atoms with Gasteiger partial charge in [-0.15, -0.1) is 5.06 Å². The Morgan fingerprint density at radius 3 is 1.67 bits per heavy atom. The Balaban J connectivity index is 1.45. The van der Waals surface area contributed by atoms with Crippen molar-refractivity contribution in [2.45, 2.75) is 33.9 Å². The fourth-order valence-electron chi connectivity index (χ4n) is 5.07. The summed E-state index contributed by atoms with van der Waals surface area (Å²) < 4.78 is 103. The monoisotopic (exact) mass is 699 g/mol. The SMILES string of the molecule is O=C(Cc1cc(S(=O)(=O)O)c2ccc3c(S(=O)(=O)O)cc(S(=O)(=O)O)c4ccc1c2c43)ONCCNC(=O)ON1C(=O)CCC1=O. The molecule has 0 bridgehead atoms. The van der Waals surface area contributed by atoms with E-state index in [1.54, 1.807) is 0 Å². The first-order valence-corrected chi connectivity index (χ1v) is 17.1. The topological polar surface area (TPSA) is 277 Å². The third-order valence-corrected chi connectivity index (χ3v) is 9.58. The van der Waals surface area contributed by atoms with Crippen molar-refractivity contribution in [3.8, 4) is 0 Å². The molecule has 1 heterocycles. The van der Waals surface area contributed by atoms with E-state index in [0.717, 1.165) is 18.2 Å². The van der Waals surface area contributed by atoms with Crippen LogP contribution in [0.2, 0.25) is 0 Å². The van der Waals surface area contributed by atoms with Gasteiger partial charge in [0.1, 0.15) is 14.7 Å². The fourth-order valence-corrected chi connectivity index (χ4v) is 7.31. The Morgan fingerprint density at radius 2 is 1.17 bits per heavy atom. The van der Waals surface area contributed by atoms with Crippen LogP contribution >= 0.6 is 0 Å². The van der Waals surface area contributed by atoms with Gasteiger partial charge in [-0.25, -0.2) is 4.79 Å². The van der Waals surface area contributed by atoms with Crippen molar-refractivity contribution in [1.29, 1.82) is 0 Å². The maximum atomic E-state index is 12.7. The quantitative estimate of drug-likeness (QED) is 0.0501. The minimum atomic E-state index is -5.10. The molecule has 5 rings (SSSR count). The summed E-state index contributed by atoms with van der Waals surface area (Å²) in [5, 5.41) is 1.59. The second kappa shape index (κ2) is 11.7. The number of nitrogens with one attached hydrogen (secondary N) is 2. The lowest BCUT2D eigenvalue weighted by Crippen LogP contribution is -2.39. The standard InChI is InChI=1S/C25H21N3O15S3/c29-20-5-6-21(30)28(20)43-25(32)26-7-8-27-42-22(31)10-12-9-17(44(33,34)35)14-3-4-16-19(46(39,40)41)11-18(45(36,37)38)15-2-1-13(12)23(14)24(15)16/h1-4,9,11,27H,5-8,10H2,(H,26,32)(H,33,34,35)(H,36,37,38)(H,39,40,41). The molecule has 0 spiro atoms. The summed E-state index contributed by atoms with van der Waals surface area (Å²) in [5.74, 6) is -2.38. The summed E-state index contributed by atoms with van der Waals surface area (Å²) in [4.78, 5) is 54.4. The van der Waals surface area contributed by atoms with Gasteiger partial charge in [0.25, 0.3) is 42.2 Å². The van der Waals surface area contributed by atoms with Crippen molar-refractivity contribution < 1.29 is 67.8 Å². The number of nitrogens with zero attached hydrogens (tertiary/aromatic N) is 1. The second-order valence-electron chi connectivity index (χ2n) is 9.84. The molecule has 1 saturated heterocycles. The number of imide groups is 1. The Morgan fingerprint density at radius 1 is 0.717 bits per heavy atom. The van der Waals surface area contributed by atoms with Crippen molar-refractivity contribution in [2.75, 3.05) is 13.1 Å². The highest BCUT2D eigenvalue weighted by atomic mass is 32.2. The molecule has 0 aliphatic carbocycles. The molecular weight excluding hydrogens is 678 g/mol. The summed E-state index contributed by atoms with van der Waals surface area (Å²) in [7, 11) is -15.2. The van der Waals surface area contributed by atoms with Crippen molar-refractivity contribution >= 4 is 86.5 Å². The van der Waals surface area contributed by atoms with E-state index in [4.69, 9.17) is 4.84 Å². The Labute approximate surface area is 258 Å². The molecule has 244 valence electrons. The van der Waals surface area contributed by atoms with Gasteiger partial charge >= 0.3 is 12.1 Å². The molecule has 0 saturated carbocycles. The van der Waals surface area contributed by atoms with E-state index in [2.05, 4.69) is 15.6 Å². The number of rotatable bonds is 10. The van der Waals surface area contributed by atoms with E-state index in [9.17, 15) is 58.1 Å². The highest BCUT2D eigenvalue weighted by Gasteiger charge is 2.33. The van der Waals surface area contributed by atoms with E-state index in [-0.39, 0.29) is 63.8 Å². The lowest BCUT2D eigenvalue weighted by atomic mass is 9.91. The van der Waals surface area contributed by atoms with Crippen molar-refractivity contribution in [3.05, 3.63) is 42.0 Å². The van der Waals surface area contributed by atoms with Gasteiger partial charge in [-0.3, -0.25) is 28.0 Å². The summed E-state index contributed by atoms with van der Waals surface area (Å²) >= 11 is 0. The molecule has 5 N–H and O–H groups in total. The Kier molecular flexibility index (Phi) is 8.35. The molecule has 0 aromatic heterocycles. The molecule has 0 atom stereocenters. The molecule has 0 radical (unpaired) electrons. The van der Waals surface area contributed by atoms with Crippen molar-refractivity contribution in [2.24, 2.45) is 0 Å². The predicted molar refractivity (Wildman–Crippen MR) is 153 cm³/mol. The van der Waals surface area contributed by atoms with Gasteiger partial charge in [-0.2, -0.15) is 30.7 Å². The van der Waals surface area contributed by atoms with Gasteiger partial charge in [0.2, 0.25) is 0 Å². The number of hydrogen-bond donors (Lipinski definition) is 5. The minimum Gasteiger partial charge on any atom is -0.370 e. The van der Waals surface area contributed by atoms with E-state index in [1.807, 2.05) is 0 Å². The van der Waals surface area contributed by atoms with Gasteiger partial charge in [0.15, 0.2) is 0 Å². The zero-order valence-corrected chi connectivity index (χ0v) is 25.4. The van der Waals surface area contributed by atoms with Crippen LogP contribution in [-0.2, 0) is 60.8 Å². The number of hydroxylamine groups is 3. The molecule has 4 aromatic carbocycles. The normalized spacial score (nSPS) is 14.5. The first-order chi connectivity index (χ1) is 21.4. The smallest absolute Gasteiger partial charge is 0.370 e. The van der Waals surface area contributed by atoms with Gasteiger partial charge in [0.05, 0.1) is 6.42 Å². The van der Waals surface area contributed by atoms with E-state index < -0.39 is 75.3 Å². The van der Waals surface area contributed by atoms with Gasteiger partial charge in [-0.05, 0) is 28.5 Å². The summed E-state index contributed by atoms with van der Waals surface area (Å²) in [6, 6.07) is 6.16. The highest BCUT2D eigenvalue weighted by molar-refractivity contribution is 7.87. The number of benzene rings is 4. The van der Waals surface area contributed by atoms with Crippen LogP contribution in [0, 0.1) is 0 Å². The van der Waals surface area contributed by atoms with E-state index >= 15 is 0 Å². The molecule has 46 heavy (non-hydrogen) atoms. The number of carbonyl (C=O) groups is 4. The third kappa shape index (κ3) is 6.28. The zero-order chi connectivity index (χ0) is 33.8. The Hall–Kier alpha value is -4.51. The van der Waals surface area contributed by atoms with Crippen LogP contribution in [0.3, 0.4) is 0 Å². The minimum absolute atomic E-state index is 0.0753. The molecule has 3 amide bonds. The summed E-state index contributed by atoms with van der Waals surface area (Å²) in [6.45, 7) is -0.408. The summed E-state index contributed by atoms with van der Waals surface area (Å²) in [6.07, 6.45) is -1.98. The summed E-state index contributed by atoms with van der Waals surface area (Å²) in [5.41, 5.74) is 2.16. The van der Waals surface area contributed by atoms with E-state index in [0.29, 0.717) is 11.1 Å². The molecule has 4 aromatic rings. The molecular formula is C25H21N3O15S3. The molecule has 1 aliphatic rings.